The normalized spacial score (nSPS) is 10.5. The van der Waals surface area contributed by atoms with E-state index in [1.165, 1.54) is 62.5 Å². The zero-order valence-electron chi connectivity index (χ0n) is 14.5. The number of thiocarbonyl (C=S) groups is 1. The molecule has 0 atom stereocenters. The van der Waals surface area contributed by atoms with Crippen LogP contribution in [0.5, 0.6) is 0 Å². The van der Waals surface area contributed by atoms with Crippen molar-refractivity contribution in [1.82, 2.24) is 5.32 Å². The van der Waals surface area contributed by atoms with Gasteiger partial charge in [-0.1, -0.05) is 57.9 Å². The van der Waals surface area contributed by atoms with Crippen LogP contribution in [0.4, 0.5) is 5.69 Å². The largest absolute Gasteiger partial charge is 0.362 e. The van der Waals surface area contributed by atoms with Crippen molar-refractivity contribution in [3.05, 3.63) is 29.3 Å². The first-order valence-electron chi connectivity index (χ1n) is 8.75. The Bertz CT molecular complexity index is 423. The highest BCUT2D eigenvalue weighted by atomic mass is 32.1. The molecule has 22 heavy (non-hydrogen) atoms. The number of rotatable bonds is 10. The summed E-state index contributed by atoms with van der Waals surface area (Å²) in [6.07, 6.45) is 10.7. The first-order chi connectivity index (χ1) is 10.6. The lowest BCUT2D eigenvalue weighted by atomic mass is 10.1. The summed E-state index contributed by atoms with van der Waals surface area (Å²) in [7, 11) is 0. The first kappa shape index (κ1) is 19.0. The second kappa shape index (κ2) is 11.5. The van der Waals surface area contributed by atoms with E-state index < -0.39 is 0 Å². The Labute approximate surface area is 142 Å². The summed E-state index contributed by atoms with van der Waals surface area (Å²) in [6.45, 7) is 7.44. The van der Waals surface area contributed by atoms with Crippen LogP contribution in [0.25, 0.3) is 0 Å². The molecule has 0 aliphatic heterocycles. The van der Waals surface area contributed by atoms with Crippen molar-refractivity contribution in [3.63, 3.8) is 0 Å². The molecule has 0 aromatic heterocycles. The van der Waals surface area contributed by atoms with Gasteiger partial charge in [-0.3, -0.25) is 0 Å². The maximum absolute atomic E-state index is 5.35. The number of unbranched alkanes of at least 4 members (excludes halogenated alkanes) is 7. The fourth-order valence-electron chi connectivity index (χ4n) is 2.68. The van der Waals surface area contributed by atoms with E-state index in [-0.39, 0.29) is 0 Å². The highest BCUT2D eigenvalue weighted by Crippen LogP contribution is 2.13. The second-order valence-electron chi connectivity index (χ2n) is 6.23. The number of hydrogen-bond donors (Lipinski definition) is 2. The van der Waals surface area contributed by atoms with Crippen LogP contribution >= 0.6 is 12.2 Å². The van der Waals surface area contributed by atoms with Gasteiger partial charge >= 0.3 is 0 Å². The molecule has 3 heteroatoms. The highest BCUT2D eigenvalue weighted by molar-refractivity contribution is 7.80. The monoisotopic (exact) mass is 320 g/mol. The van der Waals surface area contributed by atoms with Gasteiger partial charge < -0.3 is 10.6 Å². The van der Waals surface area contributed by atoms with Crippen molar-refractivity contribution in [2.24, 2.45) is 0 Å². The van der Waals surface area contributed by atoms with Gasteiger partial charge in [-0.15, -0.1) is 0 Å². The van der Waals surface area contributed by atoms with Gasteiger partial charge in [0.05, 0.1) is 0 Å². The lowest BCUT2D eigenvalue weighted by Crippen LogP contribution is -2.29. The molecule has 1 aromatic rings. The fourth-order valence-corrected chi connectivity index (χ4v) is 2.90. The van der Waals surface area contributed by atoms with Crippen LogP contribution in [0.2, 0.25) is 0 Å². The number of nitrogens with one attached hydrogen (secondary N) is 2. The lowest BCUT2D eigenvalue weighted by Gasteiger charge is -2.11. The number of hydrogen-bond acceptors (Lipinski definition) is 1. The third-order valence-corrected chi connectivity index (χ3v) is 4.04. The quantitative estimate of drug-likeness (QED) is 0.425. The molecule has 0 radical (unpaired) electrons. The van der Waals surface area contributed by atoms with E-state index >= 15 is 0 Å². The van der Waals surface area contributed by atoms with E-state index in [4.69, 9.17) is 12.2 Å². The smallest absolute Gasteiger partial charge is 0.170 e. The average molecular weight is 321 g/mol. The van der Waals surface area contributed by atoms with Crippen LogP contribution in [-0.4, -0.2) is 11.7 Å². The Morgan fingerprint density at radius 2 is 1.41 bits per heavy atom. The van der Waals surface area contributed by atoms with E-state index in [1.807, 2.05) is 0 Å². The van der Waals surface area contributed by atoms with Crippen molar-refractivity contribution in [2.45, 2.75) is 72.1 Å². The van der Waals surface area contributed by atoms with Crippen LogP contribution < -0.4 is 10.6 Å². The summed E-state index contributed by atoms with van der Waals surface area (Å²) < 4.78 is 0. The number of aryl methyl sites for hydroxylation is 2. The molecule has 0 saturated carbocycles. The summed E-state index contributed by atoms with van der Waals surface area (Å²) in [5.41, 5.74) is 3.59. The average Bonchev–Trinajstić information content (AvgIpc) is 2.44. The zero-order valence-corrected chi connectivity index (χ0v) is 15.3. The van der Waals surface area contributed by atoms with E-state index in [0.29, 0.717) is 0 Å². The summed E-state index contributed by atoms with van der Waals surface area (Å²) in [4.78, 5) is 0. The summed E-state index contributed by atoms with van der Waals surface area (Å²) >= 11 is 5.35. The second-order valence-corrected chi connectivity index (χ2v) is 6.64. The Balaban J connectivity index is 2.06. The van der Waals surface area contributed by atoms with Crippen molar-refractivity contribution >= 4 is 23.0 Å². The lowest BCUT2D eigenvalue weighted by molar-refractivity contribution is 0.573. The minimum Gasteiger partial charge on any atom is -0.362 e. The van der Waals surface area contributed by atoms with E-state index in [1.54, 1.807) is 0 Å². The summed E-state index contributed by atoms with van der Waals surface area (Å²) in [5, 5.41) is 7.30. The molecule has 2 nitrogen and oxygen atoms in total. The minimum atomic E-state index is 0.730. The van der Waals surface area contributed by atoms with E-state index in [0.717, 1.165) is 17.3 Å². The molecular formula is C19H32N2S. The molecule has 0 unspecified atom stereocenters. The van der Waals surface area contributed by atoms with Crippen LogP contribution in [0, 0.1) is 13.8 Å². The van der Waals surface area contributed by atoms with Gasteiger partial charge in [0.1, 0.15) is 0 Å². The molecule has 0 amide bonds. The van der Waals surface area contributed by atoms with E-state index in [9.17, 15) is 0 Å². The zero-order chi connectivity index (χ0) is 16.2. The molecule has 2 N–H and O–H groups in total. The van der Waals surface area contributed by atoms with Gasteiger partial charge in [-0.25, -0.2) is 0 Å². The van der Waals surface area contributed by atoms with Crippen molar-refractivity contribution in [3.8, 4) is 0 Å². The topological polar surface area (TPSA) is 24.1 Å². The van der Waals surface area contributed by atoms with Crippen molar-refractivity contribution in [2.75, 3.05) is 11.9 Å². The highest BCUT2D eigenvalue weighted by Gasteiger charge is 1.99. The third-order valence-electron chi connectivity index (χ3n) is 3.80. The maximum Gasteiger partial charge on any atom is 0.170 e. The molecule has 0 saturated heterocycles. The SMILES string of the molecule is CCCCCCCCCCNC(=S)Nc1cc(C)cc(C)c1. The van der Waals surface area contributed by atoms with Crippen molar-refractivity contribution in [1.29, 1.82) is 0 Å². The standard InChI is InChI=1S/C19H32N2S/c1-4-5-6-7-8-9-10-11-12-20-19(22)21-18-14-16(2)13-17(3)15-18/h13-15H,4-12H2,1-3H3,(H2,20,21,22). The molecule has 0 fully saturated rings. The number of anilines is 1. The first-order valence-corrected chi connectivity index (χ1v) is 9.16. The Morgan fingerprint density at radius 3 is 2.00 bits per heavy atom. The Hall–Kier alpha value is -1.09. The molecule has 1 rings (SSSR count). The van der Waals surface area contributed by atoms with Crippen LogP contribution in [0.15, 0.2) is 18.2 Å². The van der Waals surface area contributed by atoms with Gasteiger partial charge in [-0.05, 0) is 55.7 Å². The molecule has 0 heterocycles. The van der Waals surface area contributed by atoms with Crippen LogP contribution in [0.1, 0.15) is 69.4 Å². The van der Waals surface area contributed by atoms with Gasteiger partial charge in [0.2, 0.25) is 0 Å². The molecular weight excluding hydrogens is 288 g/mol. The van der Waals surface area contributed by atoms with Gasteiger partial charge in [-0.2, -0.15) is 0 Å². The van der Waals surface area contributed by atoms with Crippen LogP contribution in [0.3, 0.4) is 0 Å². The van der Waals surface area contributed by atoms with Crippen molar-refractivity contribution < 1.29 is 0 Å². The molecule has 124 valence electrons. The number of benzene rings is 1. The van der Waals surface area contributed by atoms with E-state index in [2.05, 4.69) is 49.6 Å². The Kier molecular flexibility index (Phi) is 9.89. The molecule has 1 aromatic carbocycles. The predicted molar refractivity (Wildman–Crippen MR) is 103 cm³/mol. The Morgan fingerprint density at radius 1 is 0.864 bits per heavy atom. The van der Waals surface area contributed by atoms with Crippen LogP contribution in [-0.2, 0) is 0 Å². The molecule has 0 bridgehead atoms. The maximum atomic E-state index is 5.35. The third kappa shape index (κ3) is 9.04. The molecule has 0 spiro atoms. The fraction of sp³-hybridized carbons (Fsp3) is 0.632. The molecule has 0 aliphatic rings. The van der Waals surface area contributed by atoms with Gasteiger partial charge in [0, 0.05) is 12.2 Å². The van der Waals surface area contributed by atoms with Gasteiger partial charge in [0.15, 0.2) is 5.11 Å². The molecule has 0 aliphatic carbocycles. The summed E-state index contributed by atoms with van der Waals surface area (Å²) in [5.74, 6) is 0. The van der Waals surface area contributed by atoms with Gasteiger partial charge in [0.25, 0.3) is 0 Å². The minimum absolute atomic E-state index is 0.730. The predicted octanol–water partition coefficient (Wildman–Crippen LogP) is 5.73. The summed E-state index contributed by atoms with van der Waals surface area (Å²) in [6, 6.07) is 6.41.